The zero-order valence-electron chi connectivity index (χ0n) is 13.4. The number of hydrogen-bond acceptors (Lipinski definition) is 4. The second kappa shape index (κ2) is 6.31. The fraction of sp³-hybridized carbons (Fsp3) is 0.222. The Balaban J connectivity index is 1.74. The van der Waals surface area contributed by atoms with E-state index in [1.165, 1.54) is 22.3 Å². The summed E-state index contributed by atoms with van der Waals surface area (Å²) in [5, 5.41) is 4.72. The van der Waals surface area contributed by atoms with Crippen LogP contribution in [0.15, 0.2) is 29.0 Å². The Hall–Kier alpha value is -2.12. The number of aryl methyl sites for hydroxylation is 1. The van der Waals surface area contributed by atoms with Crippen LogP contribution in [-0.2, 0) is 6.42 Å². The predicted molar refractivity (Wildman–Crippen MR) is 96.5 cm³/mol. The number of thiazole rings is 1. The summed E-state index contributed by atoms with van der Waals surface area (Å²) in [6, 6.07) is 4.07. The summed E-state index contributed by atoms with van der Waals surface area (Å²) < 4.78 is 27.7. The average Bonchev–Trinajstić information content (AvgIpc) is 3.23. The van der Waals surface area contributed by atoms with Crippen LogP contribution in [0.5, 0.6) is 0 Å². The maximum Gasteiger partial charge on any atom is 0.270 e. The molecule has 0 bridgehead atoms. The molecule has 7 heteroatoms. The van der Waals surface area contributed by atoms with Gasteiger partial charge < -0.3 is 4.90 Å². The van der Waals surface area contributed by atoms with Gasteiger partial charge in [0.25, 0.3) is 5.91 Å². The Morgan fingerprint density at radius 1 is 1.32 bits per heavy atom. The van der Waals surface area contributed by atoms with Crippen molar-refractivity contribution in [1.82, 2.24) is 4.98 Å². The number of aromatic nitrogens is 1. The largest absolute Gasteiger partial charge is 0.307 e. The zero-order valence-corrected chi connectivity index (χ0v) is 15.0. The molecule has 0 N–H and O–H groups in total. The van der Waals surface area contributed by atoms with Gasteiger partial charge in [-0.1, -0.05) is 0 Å². The molecule has 0 fully saturated rings. The van der Waals surface area contributed by atoms with Gasteiger partial charge in [-0.15, -0.1) is 11.3 Å². The van der Waals surface area contributed by atoms with Crippen LogP contribution in [0.1, 0.15) is 27.3 Å². The summed E-state index contributed by atoms with van der Waals surface area (Å²) in [6.07, 6.45) is 1.16. The lowest BCUT2D eigenvalue weighted by Gasteiger charge is -2.29. The molecule has 0 unspecified atom stereocenters. The van der Waals surface area contributed by atoms with Crippen molar-refractivity contribution < 1.29 is 13.6 Å². The molecule has 2 aromatic heterocycles. The number of thiophene rings is 1. The van der Waals surface area contributed by atoms with Gasteiger partial charge in [0.05, 0.1) is 11.4 Å². The number of benzene rings is 1. The third-order valence-electron chi connectivity index (χ3n) is 4.24. The van der Waals surface area contributed by atoms with Gasteiger partial charge in [-0.3, -0.25) is 4.79 Å². The molecule has 4 rings (SSSR count). The number of rotatable bonds is 2. The first-order valence-corrected chi connectivity index (χ1v) is 9.60. The average molecular weight is 376 g/mol. The number of fused-ring (bicyclic) bond motifs is 1. The van der Waals surface area contributed by atoms with E-state index in [0.717, 1.165) is 16.6 Å². The minimum absolute atomic E-state index is 0.248. The lowest BCUT2D eigenvalue weighted by molar-refractivity contribution is 0.0988. The summed E-state index contributed by atoms with van der Waals surface area (Å²) in [4.78, 5) is 19.5. The van der Waals surface area contributed by atoms with Gasteiger partial charge in [-0.2, -0.15) is 11.3 Å². The maximum atomic E-state index is 14.1. The number of carbonyl (C=O) groups is 1. The van der Waals surface area contributed by atoms with Crippen LogP contribution in [0.3, 0.4) is 0 Å². The molecule has 3 nitrogen and oxygen atoms in total. The van der Waals surface area contributed by atoms with Crippen LogP contribution in [0, 0.1) is 18.6 Å². The standard InChI is InChI=1S/C18H14F2N2OS2/c1-10-16(25-17(21-10)11-4-6-24-9-11)18(23)22-5-2-3-13-14(20)7-12(19)8-15(13)22/h4,6-9H,2-3,5H2,1H3. The van der Waals surface area contributed by atoms with Crippen molar-refractivity contribution in [3.8, 4) is 10.6 Å². The SMILES string of the molecule is Cc1nc(-c2ccsc2)sc1C(=O)N1CCCc2c(F)cc(F)cc21. The van der Waals surface area contributed by atoms with Gasteiger partial charge in [0.1, 0.15) is 21.5 Å². The predicted octanol–water partition coefficient (Wildman–Crippen LogP) is 5.05. The van der Waals surface area contributed by atoms with E-state index in [1.54, 1.807) is 18.3 Å². The third kappa shape index (κ3) is 2.87. The molecule has 0 radical (unpaired) electrons. The van der Waals surface area contributed by atoms with E-state index in [2.05, 4.69) is 4.98 Å². The second-order valence-electron chi connectivity index (χ2n) is 5.89. The van der Waals surface area contributed by atoms with Crippen molar-refractivity contribution in [3.63, 3.8) is 0 Å². The lowest BCUT2D eigenvalue weighted by atomic mass is 10.0. The zero-order chi connectivity index (χ0) is 17.6. The van der Waals surface area contributed by atoms with Crippen molar-refractivity contribution >= 4 is 34.3 Å². The Morgan fingerprint density at radius 2 is 2.16 bits per heavy atom. The lowest BCUT2D eigenvalue weighted by Crippen LogP contribution is -2.35. The van der Waals surface area contributed by atoms with E-state index in [9.17, 15) is 13.6 Å². The first-order chi connectivity index (χ1) is 12.0. The molecular formula is C18H14F2N2OS2. The van der Waals surface area contributed by atoms with Crippen molar-refractivity contribution in [2.45, 2.75) is 19.8 Å². The first kappa shape index (κ1) is 16.4. The van der Waals surface area contributed by atoms with Crippen molar-refractivity contribution in [2.24, 2.45) is 0 Å². The molecule has 0 saturated carbocycles. The highest BCUT2D eigenvalue weighted by Gasteiger charge is 2.29. The van der Waals surface area contributed by atoms with Crippen LogP contribution in [0.2, 0.25) is 0 Å². The van der Waals surface area contributed by atoms with Gasteiger partial charge in [-0.25, -0.2) is 13.8 Å². The molecule has 3 heterocycles. The van der Waals surface area contributed by atoms with Gasteiger partial charge in [0, 0.05) is 29.1 Å². The van der Waals surface area contributed by atoms with Crippen LogP contribution >= 0.6 is 22.7 Å². The van der Waals surface area contributed by atoms with Crippen LogP contribution in [0.25, 0.3) is 10.6 Å². The van der Waals surface area contributed by atoms with E-state index < -0.39 is 11.6 Å². The van der Waals surface area contributed by atoms with E-state index in [0.29, 0.717) is 41.2 Å². The molecule has 3 aromatic rings. The topological polar surface area (TPSA) is 33.2 Å². The van der Waals surface area contributed by atoms with Gasteiger partial charge >= 0.3 is 0 Å². The molecule has 1 aromatic carbocycles. The molecule has 25 heavy (non-hydrogen) atoms. The van der Waals surface area contributed by atoms with E-state index in [1.807, 2.05) is 16.8 Å². The van der Waals surface area contributed by atoms with Crippen molar-refractivity contribution in [3.05, 3.63) is 56.7 Å². The Morgan fingerprint density at radius 3 is 2.92 bits per heavy atom. The van der Waals surface area contributed by atoms with Crippen molar-refractivity contribution in [2.75, 3.05) is 11.4 Å². The number of amides is 1. The highest BCUT2D eigenvalue weighted by molar-refractivity contribution is 7.17. The number of carbonyl (C=O) groups excluding carboxylic acids is 1. The van der Waals surface area contributed by atoms with E-state index in [4.69, 9.17) is 0 Å². The summed E-state index contributed by atoms with van der Waals surface area (Å²) in [5.41, 5.74) is 2.35. The van der Waals surface area contributed by atoms with Gasteiger partial charge in [-0.05, 0) is 37.3 Å². The summed E-state index contributed by atoms with van der Waals surface area (Å²) >= 11 is 2.89. The highest BCUT2D eigenvalue weighted by atomic mass is 32.1. The molecule has 0 spiro atoms. The minimum Gasteiger partial charge on any atom is -0.307 e. The second-order valence-corrected chi connectivity index (χ2v) is 7.67. The number of anilines is 1. The van der Waals surface area contributed by atoms with Crippen LogP contribution < -0.4 is 4.90 Å². The Labute approximate surface area is 151 Å². The number of halogens is 2. The molecule has 0 atom stereocenters. The Kier molecular flexibility index (Phi) is 4.13. The quantitative estimate of drug-likeness (QED) is 0.627. The van der Waals surface area contributed by atoms with Crippen LogP contribution in [-0.4, -0.2) is 17.4 Å². The molecule has 0 aliphatic carbocycles. The molecule has 1 aliphatic heterocycles. The van der Waals surface area contributed by atoms with Crippen molar-refractivity contribution in [1.29, 1.82) is 0 Å². The Bertz CT molecular complexity index is 950. The van der Waals surface area contributed by atoms with Crippen LogP contribution in [0.4, 0.5) is 14.5 Å². The molecule has 128 valence electrons. The summed E-state index contributed by atoms with van der Waals surface area (Å²) in [7, 11) is 0. The van der Waals surface area contributed by atoms with E-state index in [-0.39, 0.29) is 5.91 Å². The molecule has 1 amide bonds. The van der Waals surface area contributed by atoms with E-state index >= 15 is 0 Å². The first-order valence-electron chi connectivity index (χ1n) is 7.84. The number of hydrogen-bond donors (Lipinski definition) is 0. The number of nitrogens with zero attached hydrogens (tertiary/aromatic N) is 2. The normalized spacial score (nSPS) is 13.8. The summed E-state index contributed by atoms with van der Waals surface area (Å²) in [6.45, 7) is 2.23. The maximum absolute atomic E-state index is 14.1. The fourth-order valence-corrected chi connectivity index (χ4v) is 4.78. The summed E-state index contributed by atoms with van der Waals surface area (Å²) in [5.74, 6) is -1.51. The third-order valence-corrected chi connectivity index (χ3v) is 6.12. The van der Waals surface area contributed by atoms with Gasteiger partial charge in [0.15, 0.2) is 0 Å². The molecular weight excluding hydrogens is 362 g/mol. The smallest absolute Gasteiger partial charge is 0.270 e. The fourth-order valence-electron chi connectivity index (χ4n) is 3.05. The van der Waals surface area contributed by atoms with Gasteiger partial charge in [0.2, 0.25) is 0 Å². The highest BCUT2D eigenvalue weighted by Crippen LogP contribution is 2.35. The molecule has 1 aliphatic rings. The monoisotopic (exact) mass is 376 g/mol. The molecule has 0 saturated heterocycles. The minimum atomic E-state index is -0.670.